The minimum absolute atomic E-state index is 0.0210. The Bertz CT molecular complexity index is 653. The van der Waals surface area contributed by atoms with Gasteiger partial charge in [0, 0.05) is 18.6 Å². The second kappa shape index (κ2) is 6.49. The standard InChI is InChI=1S/C19H22N4/c1-3-8-15(9-4-1)18-19(22-16-10-5-2-6-11-16)23-13-7-12-20-17(23)14-21-18/h1,3-4,7-9,12-14,16-18H,2,5-6,10-11H2. The molecule has 0 amide bonds. The molecule has 4 rings (SSSR count). The monoisotopic (exact) mass is 306 g/mol. The molecule has 2 aliphatic heterocycles. The first-order chi connectivity index (χ1) is 11.4. The van der Waals surface area contributed by atoms with Gasteiger partial charge in [0.1, 0.15) is 11.9 Å². The molecule has 4 heteroatoms. The third-order valence-electron chi connectivity index (χ3n) is 4.74. The predicted molar refractivity (Wildman–Crippen MR) is 95.2 cm³/mol. The number of rotatable bonds is 2. The van der Waals surface area contributed by atoms with E-state index in [1.165, 1.54) is 37.7 Å². The van der Waals surface area contributed by atoms with Crippen molar-refractivity contribution in [3.8, 4) is 0 Å². The third kappa shape index (κ3) is 2.98. The lowest BCUT2D eigenvalue weighted by Gasteiger charge is -2.36. The summed E-state index contributed by atoms with van der Waals surface area (Å²) in [5.41, 5.74) is 1.19. The Morgan fingerprint density at radius 2 is 1.83 bits per heavy atom. The molecule has 0 spiro atoms. The van der Waals surface area contributed by atoms with Gasteiger partial charge in [-0.15, -0.1) is 0 Å². The Hall–Kier alpha value is -2.23. The number of amidine groups is 1. The van der Waals surface area contributed by atoms with Crippen molar-refractivity contribution in [3.05, 3.63) is 48.2 Å². The maximum absolute atomic E-state index is 5.14. The fourth-order valence-corrected chi connectivity index (χ4v) is 3.53. The van der Waals surface area contributed by atoms with Gasteiger partial charge in [0.05, 0.1) is 6.04 Å². The zero-order valence-electron chi connectivity index (χ0n) is 13.3. The zero-order valence-corrected chi connectivity index (χ0v) is 13.3. The average Bonchev–Trinajstić information content (AvgIpc) is 2.64. The van der Waals surface area contributed by atoms with Crippen LogP contribution in [0.5, 0.6) is 0 Å². The van der Waals surface area contributed by atoms with Crippen molar-refractivity contribution in [3.63, 3.8) is 0 Å². The lowest BCUT2D eigenvalue weighted by molar-refractivity contribution is 0.422. The Labute approximate surface area is 137 Å². The largest absolute Gasteiger partial charge is 0.307 e. The van der Waals surface area contributed by atoms with Crippen molar-refractivity contribution in [2.45, 2.75) is 50.4 Å². The van der Waals surface area contributed by atoms with Gasteiger partial charge >= 0.3 is 0 Å². The van der Waals surface area contributed by atoms with Gasteiger partial charge in [0.2, 0.25) is 0 Å². The number of allylic oxidation sites excluding steroid dienone is 1. The maximum atomic E-state index is 5.14. The number of benzene rings is 1. The van der Waals surface area contributed by atoms with E-state index in [9.17, 15) is 0 Å². The van der Waals surface area contributed by atoms with Gasteiger partial charge in [-0.2, -0.15) is 0 Å². The van der Waals surface area contributed by atoms with Crippen LogP contribution in [0.1, 0.15) is 43.7 Å². The summed E-state index contributed by atoms with van der Waals surface area (Å²) in [6.07, 6.45) is 14.1. The van der Waals surface area contributed by atoms with Crippen molar-refractivity contribution >= 4 is 18.3 Å². The second-order valence-corrected chi connectivity index (χ2v) is 6.35. The molecular weight excluding hydrogens is 284 g/mol. The molecule has 2 atom stereocenters. The molecule has 118 valence electrons. The van der Waals surface area contributed by atoms with Gasteiger partial charge in [0.25, 0.3) is 0 Å². The van der Waals surface area contributed by atoms with Crippen LogP contribution in [0.2, 0.25) is 0 Å². The van der Waals surface area contributed by atoms with Crippen molar-refractivity contribution in [2.75, 3.05) is 0 Å². The van der Waals surface area contributed by atoms with Crippen LogP contribution in [0.4, 0.5) is 0 Å². The smallest absolute Gasteiger partial charge is 0.161 e. The van der Waals surface area contributed by atoms with Gasteiger partial charge < -0.3 is 4.90 Å². The number of nitrogens with zero attached hydrogens (tertiary/aromatic N) is 4. The molecule has 1 aromatic carbocycles. The van der Waals surface area contributed by atoms with Crippen molar-refractivity contribution in [1.29, 1.82) is 0 Å². The number of hydrogen-bond acceptors (Lipinski definition) is 3. The minimum atomic E-state index is -0.0395. The minimum Gasteiger partial charge on any atom is -0.307 e. The third-order valence-corrected chi connectivity index (χ3v) is 4.74. The molecule has 1 aliphatic carbocycles. The van der Waals surface area contributed by atoms with Crippen LogP contribution in [-0.2, 0) is 0 Å². The van der Waals surface area contributed by atoms with Crippen molar-refractivity contribution in [2.24, 2.45) is 15.0 Å². The van der Waals surface area contributed by atoms with E-state index in [2.05, 4.69) is 40.4 Å². The summed E-state index contributed by atoms with van der Waals surface area (Å²) in [6, 6.07) is 10.9. The highest BCUT2D eigenvalue weighted by atomic mass is 15.3. The van der Waals surface area contributed by atoms with Gasteiger partial charge in [-0.3, -0.25) is 15.0 Å². The quantitative estimate of drug-likeness (QED) is 0.820. The SMILES string of the molecule is C1=CN2C(=NC3CCCCC3)C(c3ccccc3)N=CC2N=C1. The van der Waals surface area contributed by atoms with Crippen LogP contribution in [0, 0.1) is 0 Å². The zero-order chi connectivity index (χ0) is 15.5. The molecule has 1 fully saturated rings. The van der Waals surface area contributed by atoms with Gasteiger partial charge in [-0.05, 0) is 24.5 Å². The molecule has 2 heterocycles. The average molecular weight is 306 g/mol. The van der Waals surface area contributed by atoms with Crippen molar-refractivity contribution < 1.29 is 0 Å². The lowest BCUT2D eigenvalue weighted by atomic mass is 9.95. The molecule has 2 unspecified atom stereocenters. The van der Waals surface area contributed by atoms with Crippen LogP contribution in [0.15, 0.2) is 57.6 Å². The molecule has 0 aromatic heterocycles. The summed E-state index contributed by atoms with van der Waals surface area (Å²) >= 11 is 0. The van der Waals surface area contributed by atoms with E-state index in [-0.39, 0.29) is 12.2 Å². The fourth-order valence-electron chi connectivity index (χ4n) is 3.53. The first-order valence-corrected chi connectivity index (χ1v) is 8.56. The highest BCUT2D eigenvalue weighted by Gasteiger charge is 2.32. The molecular formula is C19H22N4. The van der Waals surface area contributed by atoms with E-state index >= 15 is 0 Å². The molecule has 0 saturated heterocycles. The molecule has 3 aliphatic rings. The van der Waals surface area contributed by atoms with E-state index in [0.717, 1.165) is 5.84 Å². The summed E-state index contributed by atoms with van der Waals surface area (Å²) in [5.74, 6) is 1.05. The predicted octanol–water partition coefficient (Wildman–Crippen LogP) is 3.77. The Balaban J connectivity index is 1.72. The molecule has 4 nitrogen and oxygen atoms in total. The summed E-state index contributed by atoms with van der Waals surface area (Å²) in [4.78, 5) is 16.6. The first-order valence-electron chi connectivity index (χ1n) is 8.56. The van der Waals surface area contributed by atoms with Gasteiger partial charge in [-0.25, -0.2) is 0 Å². The van der Waals surface area contributed by atoms with Crippen LogP contribution in [0.25, 0.3) is 0 Å². The molecule has 0 N–H and O–H groups in total. The number of hydrogen-bond donors (Lipinski definition) is 0. The Kier molecular flexibility index (Phi) is 4.05. The van der Waals surface area contributed by atoms with Gasteiger partial charge in [0.15, 0.2) is 6.17 Å². The fraction of sp³-hybridized carbons (Fsp3) is 0.421. The van der Waals surface area contributed by atoms with Gasteiger partial charge in [-0.1, -0.05) is 49.6 Å². The molecule has 23 heavy (non-hydrogen) atoms. The second-order valence-electron chi connectivity index (χ2n) is 6.35. The topological polar surface area (TPSA) is 40.3 Å². The van der Waals surface area contributed by atoms with E-state index in [1.807, 2.05) is 24.6 Å². The summed E-state index contributed by atoms with van der Waals surface area (Å²) < 4.78 is 0. The molecule has 0 bridgehead atoms. The van der Waals surface area contributed by atoms with Crippen LogP contribution < -0.4 is 0 Å². The highest BCUT2D eigenvalue weighted by Crippen LogP contribution is 2.29. The normalized spacial score (nSPS) is 29.0. The number of aliphatic imine (C=N–C) groups is 3. The van der Waals surface area contributed by atoms with E-state index in [4.69, 9.17) is 9.98 Å². The first kappa shape index (κ1) is 14.4. The lowest BCUT2D eigenvalue weighted by Crippen LogP contribution is -2.44. The Morgan fingerprint density at radius 3 is 2.65 bits per heavy atom. The van der Waals surface area contributed by atoms with E-state index < -0.39 is 0 Å². The van der Waals surface area contributed by atoms with E-state index in [1.54, 1.807) is 0 Å². The van der Waals surface area contributed by atoms with Crippen LogP contribution in [-0.4, -0.2) is 35.4 Å². The summed E-state index contributed by atoms with van der Waals surface area (Å²) in [6.45, 7) is 0. The van der Waals surface area contributed by atoms with Crippen LogP contribution in [0.3, 0.4) is 0 Å². The Morgan fingerprint density at radius 1 is 1.00 bits per heavy atom. The maximum Gasteiger partial charge on any atom is 0.161 e. The van der Waals surface area contributed by atoms with Crippen LogP contribution >= 0.6 is 0 Å². The highest BCUT2D eigenvalue weighted by molar-refractivity contribution is 5.97. The number of fused-ring (bicyclic) bond motifs is 1. The summed E-state index contributed by atoms with van der Waals surface area (Å²) in [7, 11) is 0. The summed E-state index contributed by atoms with van der Waals surface area (Å²) in [5, 5.41) is 0. The van der Waals surface area contributed by atoms with E-state index in [0.29, 0.717) is 6.04 Å². The molecule has 1 aromatic rings. The molecule has 0 radical (unpaired) electrons. The molecule has 1 saturated carbocycles. The van der Waals surface area contributed by atoms with Crippen molar-refractivity contribution in [1.82, 2.24) is 4.90 Å².